The van der Waals surface area contributed by atoms with Crippen LogP contribution < -0.4 is 0 Å². The van der Waals surface area contributed by atoms with Crippen molar-refractivity contribution in [1.29, 1.82) is 5.26 Å². The Balaban J connectivity index is 2.55. The zero-order valence-corrected chi connectivity index (χ0v) is 12.9. The predicted molar refractivity (Wildman–Crippen MR) is 82.0 cm³/mol. The Morgan fingerprint density at radius 3 is 2.80 bits per heavy atom. The van der Waals surface area contributed by atoms with Crippen LogP contribution in [0.2, 0.25) is 0 Å². The number of aromatic nitrogens is 2. The Hall–Kier alpha value is -1.57. The average molecular weight is 291 g/mol. The van der Waals surface area contributed by atoms with Crippen LogP contribution in [0, 0.1) is 11.3 Å². The summed E-state index contributed by atoms with van der Waals surface area (Å²) in [6, 6.07) is 8.32. The largest absolute Gasteiger partial charge is 0.326 e. The van der Waals surface area contributed by atoms with Gasteiger partial charge in [-0.2, -0.15) is 5.26 Å². The second-order valence-corrected chi connectivity index (χ2v) is 5.55. The van der Waals surface area contributed by atoms with E-state index in [0.717, 1.165) is 23.4 Å². The number of nitriles is 1. The summed E-state index contributed by atoms with van der Waals surface area (Å²) in [4.78, 5) is 6.79. The lowest BCUT2D eigenvalue weighted by Crippen LogP contribution is -2.29. The van der Waals surface area contributed by atoms with Crippen LogP contribution in [0.5, 0.6) is 0 Å². The predicted octanol–water partition coefficient (Wildman–Crippen LogP) is 2.64. The monoisotopic (exact) mass is 290 g/mol. The maximum atomic E-state index is 9.20. The van der Waals surface area contributed by atoms with Crippen molar-refractivity contribution in [2.75, 3.05) is 20.0 Å². The maximum absolute atomic E-state index is 9.20. The van der Waals surface area contributed by atoms with Crippen molar-refractivity contribution >= 4 is 22.6 Å². The molecule has 2 rings (SSSR count). The Morgan fingerprint density at radius 1 is 1.45 bits per heavy atom. The first-order chi connectivity index (χ1) is 9.58. The third kappa shape index (κ3) is 2.79. The SMILES string of the molecule is CC(Cn1c(CCCl)nc2c(C#N)cccc21)N(C)C. The first kappa shape index (κ1) is 14.8. The molecule has 1 heterocycles. The van der Waals surface area contributed by atoms with E-state index in [2.05, 4.69) is 41.5 Å². The molecule has 1 aromatic carbocycles. The summed E-state index contributed by atoms with van der Waals surface area (Å²) in [5, 5.41) is 9.20. The summed E-state index contributed by atoms with van der Waals surface area (Å²) in [5.74, 6) is 1.48. The minimum atomic E-state index is 0.382. The number of aryl methyl sites for hydroxylation is 1. The van der Waals surface area contributed by atoms with E-state index in [1.807, 2.05) is 12.1 Å². The molecule has 2 aromatic rings. The number of hydrogen-bond acceptors (Lipinski definition) is 3. The standard InChI is InChI=1S/C15H19ClN4/c1-11(19(2)3)10-20-13-6-4-5-12(9-17)15(13)18-14(20)7-8-16/h4-6,11H,7-8,10H2,1-3H3. The number of imidazole rings is 1. The van der Waals surface area contributed by atoms with Crippen LogP contribution in [0.15, 0.2) is 18.2 Å². The molecule has 0 aliphatic rings. The molecule has 1 atom stereocenters. The van der Waals surface area contributed by atoms with Gasteiger partial charge in [0.15, 0.2) is 0 Å². The highest BCUT2D eigenvalue weighted by Crippen LogP contribution is 2.21. The molecule has 0 spiro atoms. The van der Waals surface area contributed by atoms with Crippen molar-refractivity contribution in [3.63, 3.8) is 0 Å². The molecule has 0 N–H and O–H groups in total. The van der Waals surface area contributed by atoms with E-state index < -0.39 is 0 Å². The third-order valence-corrected chi connectivity index (χ3v) is 3.81. The molecule has 0 bridgehead atoms. The average Bonchev–Trinajstić information content (AvgIpc) is 2.77. The molecule has 0 aliphatic heterocycles. The van der Waals surface area contributed by atoms with Gasteiger partial charge in [-0.25, -0.2) is 4.98 Å². The highest BCUT2D eigenvalue weighted by molar-refractivity contribution is 6.17. The summed E-state index contributed by atoms with van der Waals surface area (Å²) in [7, 11) is 4.12. The molecule has 20 heavy (non-hydrogen) atoms. The van der Waals surface area contributed by atoms with Gasteiger partial charge in [0.1, 0.15) is 17.4 Å². The van der Waals surface area contributed by atoms with Gasteiger partial charge in [0.25, 0.3) is 0 Å². The quantitative estimate of drug-likeness (QED) is 0.795. The zero-order valence-electron chi connectivity index (χ0n) is 12.1. The van der Waals surface area contributed by atoms with Crippen molar-refractivity contribution in [2.45, 2.75) is 25.9 Å². The number of rotatable bonds is 5. The molecule has 0 radical (unpaired) electrons. The summed E-state index contributed by atoms with van der Waals surface area (Å²) in [6.07, 6.45) is 0.710. The number of nitrogens with zero attached hydrogens (tertiary/aromatic N) is 4. The fourth-order valence-electron chi connectivity index (χ4n) is 2.19. The van der Waals surface area contributed by atoms with Crippen LogP contribution in [-0.2, 0) is 13.0 Å². The Bertz CT molecular complexity index is 639. The lowest BCUT2D eigenvalue weighted by molar-refractivity contribution is 0.284. The van der Waals surface area contributed by atoms with Gasteiger partial charge in [0.05, 0.1) is 11.1 Å². The minimum Gasteiger partial charge on any atom is -0.326 e. The Morgan fingerprint density at radius 2 is 2.20 bits per heavy atom. The first-order valence-electron chi connectivity index (χ1n) is 6.69. The van der Waals surface area contributed by atoms with Crippen LogP contribution in [0.25, 0.3) is 11.0 Å². The lowest BCUT2D eigenvalue weighted by atomic mass is 10.2. The third-order valence-electron chi connectivity index (χ3n) is 3.62. The number of likely N-dealkylation sites (N-methyl/N-ethyl adjacent to an activating group) is 1. The number of halogens is 1. The van der Waals surface area contributed by atoms with E-state index in [4.69, 9.17) is 11.6 Å². The highest BCUT2D eigenvalue weighted by Gasteiger charge is 2.15. The molecular weight excluding hydrogens is 272 g/mol. The molecule has 4 nitrogen and oxygen atoms in total. The maximum Gasteiger partial charge on any atom is 0.111 e. The Kier molecular flexibility index (Phi) is 4.64. The summed E-state index contributed by atoms with van der Waals surface area (Å²) < 4.78 is 2.18. The van der Waals surface area contributed by atoms with Crippen molar-refractivity contribution < 1.29 is 0 Å². The molecule has 5 heteroatoms. The van der Waals surface area contributed by atoms with Gasteiger partial charge < -0.3 is 9.47 Å². The molecule has 0 saturated carbocycles. The summed E-state index contributed by atoms with van der Waals surface area (Å²) in [6.45, 7) is 3.01. The lowest BCUT2D eigenvalue weighted by Gasteiger charge is -2.21. The van der Waals surface area contributed by atoms with Crippen LogP contribution in [-0.4, -0.2) is 40.5 Å². The van der Waals surface area contributed by atoms with E-state index in [1.165, 1.54) is 0 Å². The van der Waals surface area contributed by atoms with Gasteiger partial charge in [-0.15, -0.1) is 11.6 Å². The van der Waals surface area contributed by atoms with E-state index in [-0.39, 0.29) is 0 Å². The number of fused-ring (bicyclic) bond motifs is 1. The highest BCUT2D eigenvalue weighted by atomic mass is 35.5. The summed E-state index contributed by atoms with van der Waals surface area (Å²) in [5.41, 5.74) is 2.41. The van der Waals surface area contributed by atoms with Crippen molar-refractivity contribution in [3.8, 4) is 6.07 Å². The van der Waals surface area contributed by atoms with Crippen molar-refractivity contribution in [2.24, 2.45) is 0 Å². The molecule has 0 amide bonds. The number of alkyl halides is 1. The zero-order chi connectivity index (χ0) is 14.7. The van der Waals surface area contributed by atoms with E-state index >= 15 is 0 Å². The van der Waals surface area contributed by atoms with E-state index in [1.54, 1.807) is 6.07 Å². The van der Waals surface area contributed by atoms with E-state index in [9.17, 15) is 5.26 Å². The second kappa shape index (κ2) is 6.25. The molecule has 106 valence electrons. The molecule has 1 aromatic heterocycles. The molecular formula is C15H19ClN4. The summed E-state index contributed by atoms with van der Waals surface area (Å²) >= 11 is 5.88. The Labute approximate surface area is 124 Å². The van der Waals surface area contributed by atoms with Gasteiger partial charge in [0.2, 0.25) is 0 Å². The molecule has 0 saturated heterocycles. The van der Waals surface area contributed by atoms with Gasteiger partial charge in [-0.3, -0.25) is 0 Å². The topological polar surface area (TPSA) is 44.9 Å². The van der Waals surface area contributed by atoms with Crippen LogP contribution in [0.3, 0.4) is 0 Å². The fraction of sp³-hybridized carbons (Fsp3) is 0.467. The van der Waals surface area contributed by atoms with Crippen LogP contribution in [0.1, 0.15) is 18.3 Å². The second-order valence-electron chi connectivity index (χ2n) is 5.18. The van der Waals surface area contributed by atoms with E-state index in [0.29, 0.717) is 23.9 Å². The van der Waals surface area contributed by atoms with Crippen molar-refractivity contribution in [3.05, 3.63) is 29.6 Å². The van der Waals surface area contributed by atoms with Crippen LogP contribution >= 0.6 is 11.6 Å². The molecule has 0 fully saturated rings. The van der Waals surface area contributed by atoms with Crippen LogP contribution in [0.4, 0.5) is 0 Å². The number of benzene rings is 1. The number of hydrogen-bond donors (Lipinski definition) is 0. The number of para-hydroxylation sites is 1. The van der Waals surface area contributed by atoms with Gasteiger partial charge in [0, 0.05) is 24.9 Å². The normalized spacial score (nSPS) is 12.8. The fourth-order valence-corrected chi connectivity index (χ4v) is 2.36. The van der Waals surface area contributed by atoms with Crippen molar-refractivity contribution in [1.82, 2.24) is 14.5 Å². The van der Waals surface area contributed by atoms with Gasteiger partial charge in [-0.1, -0.05) is 6.07 Å². The van der Waals surface area contributed by atoms with Gasteiger partial charge in [-0.05, 0) is 33.2 Å². The first-order valence-corrected chi connectivity index (χ1v) is 7.22. The minimum absolute atomic E-state index is 0.382. The molecule has 0 aliphatic carbocycles. The smallest absolute Gasteiger partial charge is 0.111 e. The molecule has 1 unspecified atom stereocenters. The van der Waals surface area contributed by atoms with Gasteiger partial charge >= 0.3 is 0 Å².